The zero-order valence-electron chi connectivity index (χ0n) is 21.3. The molecule has 0 atom stereocenters. The largest absolute Gasteiger partial charge is 0.456 e. The maximum absolute atomic E-state index is 6.64. The number of aliphatic imine (C=N–C) groups is 2. The summed E-state index contributed by atoms with van der Waals surface area (Å²) in [5, 5.41) is 10.8. The first kappa shape index (κ1) is 23.0. The maximum Gasteiger partial charge on any atom is 0.170 e. The predicted molar refractivity (Wildman–Crippen MR) is 166 cm³/mol. The van der Waals surface area contributed by atoms with Crippen molar-refractivity contribution in [3.63, 3.8) is 0 Å². The Hall–Kier alpha value is -4.93. The quantitative estimate of drug-likeness (QED) is 0.245. The summed E-state index contributed by atoms with van der Waals surface area (Å²) in [4.78, 5) is 10.3. The molecule has 40 heavy (non-hydrogen) atoms. The molecule has 1 N–H and O–H groups in total. The molecule has 0 saturated carbocycles. The van der Waals surface area contributed by atoms with Crippen LogP contribution in [-0.4, -0.2) is 11.7 Å². The summed E-state index contributed by atoms with van der Waals surface area (Å²) in [5.41, 5.74) is 4.43. The molecule has 0 radical (unpaired) electrons. The number of fused-ring (bicyclic) bond motifs is 5. The Kier molecular flexibility index (Phi) is 5.22. The molecule has 190 valence electrons. The lowest BCUT2D eigenvalue weighted by Crippen LogP contribution is -2.36. The number of hydrogen-bond acceptors (Lipinski definition) is 4. The predicted octanol–water partition coefficient (Wildman–Crippen LogP) is 9.04. The molecule has 0 bridgehead atoms. The van der Waals surface area contributed by atoms with Gasteiger partial charge in [-0.05, 0) is 45.8 Å². The zero-order valence-corrected chi connectivity index (χ0v) is 22.1. The smallest absolute Gasteiger partial charge is 0.170 e. The standard InChI is InChI=1S/C35H22ClN3O/c36-27-19-29(32-28-11-5-6-12-30(28)40-31(32)20-27)35-38-33(25-15-13-21-7-1-3-9-23(21)17-25)37-34(39-35)26-16-14-22-8-2-4-10-24(22)18-26/h1-20,35H,(H,37,38,39). The minimum absolute atomic E-state index is 0.522. The minimum atomic E-state index is -0.522. The Morgan fingerprint density at radius 2 is 1.15 bits per heavy atom. The van der Waals surface area contributed by atoms with Gasteiger partial charge in [-0.1, -0.05) is 103 Å². The van der Waals surface area contributed by atoms with Gasteiger partial charge in [0, 0.05) is 38.6 Å². The van der Waals surface area contributed by atoms with Gasteiger partial charge in [0.2, 0.25) is 0 Å². The van der Waals surface area contributed by atoms with Crippen molar-refractivity contribution < 1.29 is 4.42 Å². The monoisotopic (exact) mass is 535 g/mol. The van der Waals surface area contributed by atoms with Gasteiger partial charge in [-0.15, -0.1) is 0 Å². The van der Waals surface area contributed by atoms with E-state index in [2.05, 4.69) is 96.3 Å². The van der Waals surface area contributed by atoms with Crippen molar-refractivity contribution in [1.82, 2.24) is 5.32 Å². The fourth-order valence-electron chi connectivity index (χ4n) is 5.61. The van der Waals surface area contributed by atoms with Gasteiger partial charge in [0.25, 0.3) is 0 Å². The van der Waals surface area contributed by atoms with E-state index in [4.69, 9.17) is 26.0 Å². The summed E-state index contributed by atoms with van der Waals surface area (Å²) < 4.78 is 6.19. The van der Waals surface area contributed by atoms with Crippen molar-refractivity contribution in [1.29, 1.82) is 0 Å². The summed E-state index contributed by atoms with van der Waals surface area (Å²) >= 11 is 6.64. The lowest BCUT2D eigenvalue weighted by atomic mass is 10.0. The highest BCUT2D eigenvalue weighted by Crippen LogP contribution is 2.39. The van der Waals surface area contributed by atoms with E-state index in [0.717, 1.165) is 61.1 Å². The lowest BCUT2D eigenvalue weighted by Gasteiger charge is -2.23. The van der Waals surface area contributed by atoms with Crippen molar-refractivity contribution in [2.45, 2.75) is 6.17 Å². The fraction of sp³-hybridized carbons (Fsp3) is 0.0286. The van der Waals surface area contributed by atoms with Gasteiger partial charge in [0.15, 0.2) is 6.17 Å². The molecule has 0 amide bonds. The molecule has 1 aliphatic rings. The molecule has 6 aromatic carbocycles. The Morgan fingerprint density at radius 1 is 0.575 bits per heavy atom. The number of furan rings is 1. The number of nitrogens with zero attached hydrogens (tertiary/aromatic N) is 2. The number of benzene rings is 6. The molecule has 1 aliphatic heterocycles. The average molecular weight is 536 g/mol. The summed E-state index contributed by atoms with van der Waals surface area (Å²) in [7, 11) is 0. The van der Waals surface area contributed by atoms with Crippen molar-refractivity contribution in [2.24, 2.45) is 9.98 Å². The van der Waals surface area contributed by atoms with Crippen LogP contribution in [0.5, 0.6) is 0 Å². The van der Waals surface area contributed by atoms with Gasteiger partial charge in [-0.25, -0.2) is 9.98 Å². The van der Waals surface area contributed by atoms with Crippen LogP contribution in [0.15, 0.2) is 136 Å². The van der Waals surface area contributed by atoms with E-state index in [-0.39, 0.29) is 0 Å². The lowest BCUT2D eigenvalue weighted by molar-refractivity contribution is 0.667. The van der Waals surface area contributed by atoms with Gasteiger partial charge in [0.05, 0.1) is 0 Å². The van der Waals surface area contributed by atoms with Crippen LogP contribution in [0.4, 0.5) is 0 Å². The van der Waals surface area contributed by atoms with Crippen LogP contribution in [0.25, 0.3) is 43.5 Å². The third kappa shape index (κ3) is 3.84. The first-order valence-electron chi connectivity index (χ1n) is 13.2. The van der Waals surface area contributed by atoms with Crippen LogP contribution in [0.1, 0.15) is 22.9 Å². The SMILES string of the molecule is Clc1cc(C2N=C(c3ccc4ccccc4c3)NC(c3ccc4ccccc4c3)=N2)c2c(c1)oc1ccccc12. The molecule has 1 aromatic heterocycles. The van der Waals surface area contributed by atoms with Crippen molar-refractivity contribution in [2.75, 3.05) is 0 Å². The number of nitrogens with one attached hydrogen (secondary N) is 1. The Labute approximate surface area is 235 Å². The molecule has 0 fully saturated rings. The summed E-state index contributed by atoms with van der Waals surface area (Å²) in [5.74, 6) is 1.52. The van der Waals surface area contributed by atoms with E-state index in [1.807, 2.05) is 30.3 Å². The number of hydrogen-bond donors (Lipinski definition) is 1. The molecule has 0 spiro atoms. The van der Waals surface area contributed by atoms with Gasteiger partial charge < -0.3 is 9.73 Å². The molecule has 0 saturated heterocycles. The van der Waals surface area contributed by atoms with Crippen molar-refractivity contribution in [3.05, 3.63) is 143 Å². The molecular formula is C35H22ClN3O. The van der Waals surface area contributed by atoms with Gasteiger partial charge in [-0.2, -0.15) is 0 Å². The highest BCUT2D eigenvalue weighted by Gasteiger charge is 2.25. The molecule has 7 aromatic rings. The molecule has 8 rings (SSSR count). The van der Waals surface area contributed by atoms with Gasteiger partial charge in [0.1, 0.15) is 22.8 Å². The second-order valence-electron chi connectivity index (χ2n) is 10.0. The Morgan fingerprint density at radius 3 is 1.80 bits per heavy atom. The van der Waals surface area contributed by atoms with E-state index in [9.17, 15) is 0 Å². The minimum Gasteiger partial charge on any atom is -0.456 e. The first-order chi connectivity index (χ1) is 19.7. The molecule has 2 heterocycles. The number of amidine groups is 2. The van der Waals surface area contributed by atoms with Crippen LogP contribution in [0.3, 0.4) is 0 Å². The molecule has 5 heteroatoms. The summed E-state index contributed by atoms with van der Waals surface area (Å²) in [6.45, 7) is 0. The van der Waals surface area contributed by atoms with Crippen LogP contribution in [-0.2, 0) is 0 Å². The third-order valence-electron chi connectivity index (χ3n) is 7.54. The molecule has 0 aliphatic carbocycles. The normalized spacial score (nSPS) is 14.0. The zero-order chi connectivity index (χ0) is 26.6. The topological polar surface area (TPSA) is 49.9 Å². The van der Waals surface area contributed by atoms with Gasteiger partial charge >= 0.3 is 0 Å². The van der Waals surface area contributed by atoms with Crippen molar-refractivity contribution >= 4 is 66.8 Å². The third-order valence-corrected chi connectivity index (χ3v) is 7.76. The highest BCUT2D eigenvalue weighted by atomic mass is 35.5. The number of rotatable bonds is 3. The van der Waals surface area contributed by atoms with E-state index in [1.54, 1.807) is 0 Å². The Bertz CT molecular complexity index is 2080. The first-order valence-corrected chi connectivity index (χ1v) is 13.6. The second-order valence-corrected chi connectivity index (χ2v) is 10.5. The van der Waals surface area contributed by atoms with Crippen LogP contribution in [0, 0.1) is 0 Å². The van der Waals surface area contributed by atoms with Crippen LogP contribution < -0.4 is 5.32 Å². The average Bonchev–Trinajstić information content (AvgIpc) is 3.38. The summed E-state index contributed by atoms with van der Waals surface area (Å²) in [6, 6.07) is 41.4. The fourth-order valence-corrected chi connectivity index (χ4v) is 5.83. The second kappa shape index (κ2) is 9.08. The summed E-state index contributed by atoms with van der Waals surface area (Å²) in [6.07, 6.45) is -0.522. The van der Waals surface area contributed by atoms with Crippen LogP contribution in [0.2, 0.25) is 5.02 Å². The Balaban J connectivity index is 1.35. The maximum atomic E-state index is 6.64. The molecule has 4 nitrogen and oxygen atoms in total. The molecular weight excluding hydrogens is 514 g/mol. The van der Waals surface area contributed by atoms with E-state index in [0.29, 0.717) is 5.02 Å². The van der Waals surface area contributed by atoms with Crippen molar-refractivity contribution in [3.8, 4) is 0 Å². The number of para-hydroxylation sites is 1. The van der Waals surface area contributed by atoms with Crippen LogP contribution >= 0.6 is 11.6 Å². The molecule has 0 unspecified atom stereocenters. The number of halogens is 1. The van der Waals surface area contributed by atoms with E-state index in [1.165, 1.54) is 10.8 Å². The van der Waals surface area contributed by atoms with Gasteiger partial charge in [-0.3, -0.25) is 0 Å². The highest BCUT2D eigenvalue weighted by molar-refractivity contribution is 6.31. The van der Waals surface area contributed by atoms with E-state index >= 15 is 0 Å². The van der Waals surface area contributed by atoms with E-state index < -0.39 is 6.17 Å².